The SMILES string of the molecule is C=C(C)C(=O)OC(CC)C(F)(F)C(=O)OCCC(C)C(F)(F)F. The number of carbonyl (C=O) groups excluding carboxylic acids is 2. The molecule has 0 saturated carbocycles. The molecule has 0 spiro atoms. The Morgan fingerprint density at radius 2 is 1.70 bits per heavy atom. The predicted molar refractivity (Wildman–Crippen MR) is 70.7 cm³/mol. The van der Waals surface area contributed by atoms with E-state index >= 15 is 0 Å². The molecule has 0 aromatic carbocycles. The standard InChI is InChI=1S/C14H19F5O4/c1-5-10(23-11(20)8(2)3)13(15,16)12(21)22-7-6-9(4)14(17,18)19/h9-10H,2,5-7H2,1,3-4H3. The summed E-state index contributed by atoms with van der Waals surface area (Å²) >= 11 is 0. The minimum Gasteiger partial charge on any atom is -0.461 e. The second-order valence-corrected chi connectivity index (χ2v) is 5.07. The van der Waals surface area contributed by atoms with Crippen molar-refractivity contribution in [1.29, 1.82) is 0 Å². The Kier molecular flexibility index (Phi) is 7.66. The third kappa shape index (κ3) is 6.54. The van der Waals surface area contributed by atoms with Crippen LogP contribution in [0.3, 0.4) is 0 Å². The van der Waals surface area contributed by atoms with E-state index in [9.17, 15) is 31.5 Å². The average Bonchev–Trinajstić information content (AvgIpc) is 2.42. The van der Waals surface area contributed by atoms with Gasteiger partial charge >= 0.3 is 24.0 Å². The van der Waals surface area contributed by atoms with Crippen LogP contribution in [0.1, 0.15) is 33.6 Å². The van der Waals surface area contributed by atoms with Gasteiger partial charge in [0.15, 0.2) is 6.10 Å². The van der Waals surface area contributed by atoms with E-state index in [1.165, 1.54) is 13.8 Å². The van der Waals surface area contributed by atoms with E-state index in [2.05, 4.69) is 16.1 Å². The van der Waals surface area contributed by atoms with Crippen molar-refractivity contribution >= 4 is 11.9 Å². The van der Waals surface area contributed by atoms with Gasteiger partial charge in [0.05, 0.1) is 12.5 Å². The summed E-state index contributed by atoms with van der Waals surface area (Å²) in [7, 11) is 0. The van der Waals surface area contributed by atoms with Gasteiger partial charge in [-0.1, -0.05) is 20.4 Å². The molecule has 0 aromatic heterocycles. The number of hydrogen-bond acceptors (Lipinski definition) is 4. The topological polar surface area (TPSA) is 52.6 Å². The molecule has 4 nitrogen and oxygen atoms in total. The zero-order chi connectivity index (χ0) is 18.4. The molecular formula is C14H19F5O4. The summed E-state index contributed by atoms with van der Waals surface area (Å²) in [6.45, 7) is 5.74. The van der Waals surface area contributed by atoms with Crippen molar-refractivity contribution in [2.75, 3.05) is 6.61 Å². The van der Waals surface area contributed by atoms with E-state index in [1.54, 1.807) is 0 Å². The van der Waals surface area contributed by atoms with E-state index in [0.717, 1.165) is 6.92 Å². The van der Waals surface area contributed by atoms with Crippen molar-refractivity contribution in [1.82, 2.24) is 0 Å². The van der Waals surface area contributed by atoms with Crippen LogP contribution in [0.5, 0.6) is 0 Å². The molecule has 23 heavy (non-hydrogen) atoms. The molecule has 0 heterocycles. The molecule has 0 rings (SSSR count). The summed E-state index contributed by atoms with van der Waals surface area (Å²) in [6.07, 6.45) is -7.62. The molecule has 0 N–H and O–H groups in total. The second kappa shape index (κ2) is 8.26. The quantitative estimate of drug-likeness (QED) is 0.382. The van der Waals surface area contributed by atoms with E-state index in [4.69, 9.17) is 0 Å². The minimum atomic E-state index is -4.50. The molecule has 134 valence electrons. The number of carbonyl (C=O) groups is 2. The van der Waals surface area contributed by atoms with Crippen molar-refractivity contribution in [3.05, 3.63) is 12.2 Å². The summed E-state index contributed by atoms with van der Waals surface area (Å²) in [6, 6.07) is 0. The molecule has 2 unspecified atom stereocenters. The van der Waals surface area contributed by atoms with E-state index < -0.39 is 49.1 Å². The molecule has 0 radical (unpaired) electrons. The number of ether oxygens (including phenoxy) is 2. The summed E-state index contributed by atoms with van der Waals surface area (Å²) in [5.41, 5.74) is -0.133. The number of alkyl halides is 5. The first-order valence-corrected chi connectivity index (χ1v) is 6.82. The molecule has 9 heteroatoms. The fourth-order valence-corrected chi connectivity index (χ4v) is 1.36. The fraction of sp³-hybridized carbons (Fsp3) is 0.714. The van der Waals surface area contributed by atoms with Gasteiger partial charge < -0.3 is 9.47 Å². The lowest BCUT2D eigenvalue weighted by molar-refractivity contribution is -0.200. The highest BCUT2D eigenvalue weighted by Gasteiger charge is 2.50. The maximum absolute atomic E-state index is 13.9. The highest BCUT2D eigenvalue weighted by molar-refractivity contribution is 5.87. The normalized spacial score (nSPS) is 14.8. The number of halogens is 5. The highest BCUT2D eigenvalue weighted by Crippen LogP contribution is 2.29. The van der Waals surface area contributed by atoms with Gasteiger partial charge in [-0.05, 0) is 19.8 Å². The Balaban J connectivity index is 4.68. The molecule has 2 atom stereocenters. The maximum atomic E-state index is 13.9. The van der Waals surface area contributed by atoms with Crippen molar-refractivity contribution < 1.29 is 41.0 Å². The lowest BCUT2D eigenvalue weighted by Gasteiger charge is -2.24. The van der Waals surface area contributed by atoms with Crippen LogP contribution in [0.2, 0.25) is 0 Å². The van der Waals surface area contributed by atoms with Gasteiger partial charge in [0.2, 0.25) is 0 Å². The van der Waals surface area contributed by atoms with Gasteiger partial charge in [0, 0.05) is 5.57 Å². The van der Waals surface area contributed by atoms with Crippen LogP contribution in [-0.4, -0.2) is 36.7 Å². The van der Waals surface area contributed by atoms with Gasteiger partial charge in [-0.3, -0.25) is 0 Å². The molecule has 0 saturated heterocycles. The van der Waals surface area contributed by atoms with Crippen molar-refractivity contribution in [2.24, 2.45) is 5.92 Å². The van der Waals surface area contributed by atoms with Crippen LogP contribution in [0.25, 0.3) is 0 Å². The number of esters is 2. The van der Waals surface area contributed by atoms with Gasteiger partial charge in [0.25, 0.3) is 0 Å². The molecule has 0 aromatic rings. The molecule has 0 amide bonds. The van der Waals surface area contributed by atoms with Gasteiger partial charge in [-0.2, -0.15) is 22.0 Å². The summed E-state index contributed by atoms with van der Waals surface area (Å²) < 4.78 is 73.1. The van der Waals surface area contributed by atoms with E-state index in [1.807, 2.05) is 0 Å². The summed E-state index contributed by atoms with van der Waals surface area (Å²) in [5.74, 6) is -9.10. The largest absolute Gasteiger partial charge is 0.461 e. The zero-order valence-corrected chi connectivity index (χ0v) is 13.0. The number of hydrogen-bond donors (Lipinski definition) is 0. The summed E-state index contributed by atoms with van der Waals surface area (Å²) in [4.78, 5) is 22.6. The first-order chi connectivity index (χ1) is 10.3. The minimum absolute atomic E-state index is 0.133. The Bertz CT molecular complexity index is 445. The Morgan fingerprint density at radius 1 is 1.17 bits per heavy atom. The zero-order valence-electron chi connectivity index (χ0n) is 13.0. The maximum Gasteiger partial charge on any atom is 0.391 e. The number of rotatable bonds is 8. The molecule has 0 aliphatic rings. The molecule has 0 bridgehead atoms. The first kappa shape index (κ1) is 21.3. The van der Waals surface area contributed by atoms with Gasteiger partial charge in [-0.25, -0.2) is 9.59 Å². The second-order valence-electron chi connectivity index (χ2n) is 5.07. The lowest BCUT2D eigenvalue weighted by Crippen LogP contribution is -2.45. The Morgan fingerprint density at radius 3 is 2.09 bits per heavy atom. The summed E-state index contributed by atoms with van der Waals surface area (Å²) in [5, 5.41) is 0. The van der Waals surface area contributed by atoms with Crippen LogP contribution >= 0.6 is 0 Å². The smallest absolute Gasteiger partial charge is 0.391 e. The molecule has 0 aliphatic heterocycles. The van der Waals surface area contributed by atoms with Crippen molar-refractivity contribution in [3.8, 4) is 0 Å². The Hall–Kier alpha value is -1.67. The third-order valence-corrected chi connectivity index (χ3v) is 2.99. The van der Waals surface area contributed by atoms with Gasteiger partial charge in [0.1, 0.15) is 0 Å². The van der Waals surface area contributed by atoms with E-state index in [0.29, 0.717) is 0 Å². The fourth-order valence-electron chi connectivity index (χ4n) is 1.36. The lowest BCUT2D eigenvalue weighted by atomic mass is 10.1. The third-order valence-electron chi connectivity index (χ3n) is 2.99. The van der Waals surface area contributed by atoms with Crippen molar-refractivity contribution in [3.63, 3.8) is 0 Å². The first-order valence-electron chi connectivity index (χ1n) is 6.82. The van der Waals surface area contributed by atoms with Crippen LogP contribution < -0.4 is 0 Å². The van der Waals surface area contributed by atoms with Gasteiger partial charge in [-0.15, -0.1) is 0 Å². The monoisotopic (exact) mass is 346 g/mol. The molecule has 0 fully saturated rings. The Labute approximate surface area is 130 Å². The van der Waals surface area contributed by atoms with Crippen molar-refractivity contribution in [2.45, 2.75) is 51.8 Å². The van der Waals surface area contributed by atoms with E-state index in [-0.39, 0.29) is 12.0 Å². The highest BCUT2D eigenvalue weighted by atomic mass is 19.4. The predicted octanol–water partition coefficient (Wildman–Crippen LogP) is 3.65. The van der Waals surface area contributed by atoms with Crippen LogP contribution in [0.4, 0.5) is 22.0 Å². The van der Waals surface area contributed by atoms with Crippen LogP contribution in [-0.2, 0) is 19.1 Å². The molecular weight excluding hydrogens is 327 g/mol. The molecule has 0 aliphatic carbocycles. The van der Waals surface area contributed by atoms with Crippen LogP contribution in [0.15, 0.2) is 12.2 Å². The van der Waals surface area contributed by atoms with Crippen LogP contribution in [0, 0.1) is 5.92 Å². The average molecular weight is 346 g/mol.